The van der Waals surface area contributed by atoms with Crippen LogP contribution in [0.25, 0.3) is 5.69 Å². The summed E-state index contributed by atoms with van der Waals surface area (Å²) in [5, 5.41) is 9.12. The summed E-state index contributed by atoms with van der Waals surface area (Å²) >= 11 is 0. The van der Waals surface area contributed by atoms with E-state index in [1.165, 1.54) is 50.3 Å². The lowest BCUT2D eigenvalue weighted by Crippen LogP contribution is -2.13. The van der Waals surface area contributed by atoms with Gasteiger partial charge < -0.3 is 24.5 Å². The molecule has 1 heterocycles. The minimum absolute atomic E-state index is 0.0141. The maximum Gasteiger partial charge on any atom is 0.357 e. The highest BCUT2D eigenvalue weighted by Gasteiger charge is 2.24. The lowest BCUT2D eigenvalue weighted by Gasteiger charge is -2.16. The first-order valence-electron chi connectivity index (χ1n) is 6.83. The molecule has 0 amide bonds. The zero-order valence-corrected chi connectivity index (χ0v) is 13.4. The molecule has 1 aromatic heterocycles. The van der Waals surface area contributed by atoms with E-state index in [1.807, 2.05) is 6.07 Å². The molecule has 8 heteroatoms. The van der Waals surface area contributed by atoms with E-state index in [9.17, 15) is 9.18 Å². The van der Waals surface area contributed by atoms with Crippen LogP contribution in [-0.2, 0) is 14.2 Å². The van der Waals surface area contributed by atoms with Gasteiger partial charge in [0, 0.05) is 26.0 Å². The van der Waals surface area contributed by atoms with Crippen molar-refractivity contribution < 1.29 is 23.4 Å². The highest BCUT2D eigenvalue weighted by Crippen LogP contribution is 2.28. The molecule has 0 atom stereocenters. The Kier molecular flexibility index (Phi) is 5.18. The molecule has 0 saturated carbocycles. The Morgan fingerprint density at radius 1 is 1.33 bits per heavy atom. The van der Waals surface area contributed by atoms with Crippen LogP contribution in [-0.4, -0.2) is 31.9 Å². The Morgan fingerprint density at radius 2 is 2.00 bits per heavy atom. The fraction of sp³-hybridized carbons (Fsp3) is 0.250. The quantitative estimate of drug-likeness (QED) is 0.665. The van der Waals surface area contributed by atoms with Crippen molar-refractivity contribution in [3.05, 3.63) is 47.0 Å². The number of methoxy groups -OCH3 is 3. The van der Waals surface area contributed by atoms with Crippen LogP contribution in [0.15, 0.2) is 24.4 Å². The number of halogens is 1. The molecule has 7 nitrogen and oxygen atoms in total. The molecule has 24 heavy (non-hydrogen) atoms. The summed E-state index contributed by atoms with van der Waals surface area (Å²) in [6.07, 6.45) is 0.563. The zero-order chi connectivity index (χ0) is 17.9. The SMILES string of the molecule is COC(=O)c1c(N)c(C#N)cn1-c1cc(C(OC)OC)ccc1F. The van der Waals surface area contributed by atoms with Gasteiger partial charge in [-0.05, 0) is 12.1 Å². The lowest BCUT2D eigenvalue weighted by atomic mass is 10.1. The molecule has 0 bridgehead atoms. The summed E-state index contributed by atoms with van der Waals surface area (Å²) in [6.45, 7) is 0. The zero-order valence-electron chi connectivity index (χ0n) is 13.4. The first-order chi connectivity index (χ1) is 11.5. The number of esters is 1. The van der Waals surface area contributed by atoms with E-state index in [-0.39, 0.29) is 22.6 Å². The van der Waals surface area contributed by atoms with Gasteiger partial charge in [0.2, 0.25) is 0 Å². The molecule has 126 valence electrons. The Bertz CT molecular complexity index is 806. The number of nitrogens with two attached hydrogens (primary N) is 1. The molecule has 0 spiro atoms. The number of carbonyl (C=O) groups is 1. The third-order valence-corrected chi connectivity index (χ3v) is 3.47. The van der Waals surface area contributed by atoms with E-state index in [0.717, 1.165) is 0 Å². The van der Waals surface area contributed by atoms with Gasteiger partial charge in [0.1, 0.15) is 11.9 Å². The minimum atomic E-state index is -0.783. The van der Waals surface area contributed by atoms with Gasteiger partial charge in [-0.2, -0.15) is 5.26 Å². The van der Waals surface area contributed by atoms with Crippen LogP contribution in [0.3, 0.4) is 0 Å². The first-order valence-corrected chi connectivity index (χ1v) is 6.83. The van der Waals surface area contributed by atoms with E-state index in [4.69, 9.17) is 20.5 Å². The summed E-state index contributed by atoms with van der Waals surface area (Å²) in [6, 6.07) is 6.00. The summed E-state index contributed by atoms with van der Waals surface area (Å²) < 4.78 is 30.5. The van der Waals surface area contributed by atoms with Crippen LogP contribution >= 0.6 is 0 Å². The molecule has 2 N–H and O–H groups in total. The fourth-order valence-electron chi connectivity index (χ4n) is 2.33. The minimum Gasteiger partial charge on any atom is -0.464 e. The van der Waals surface area contributed by atoms with E-state index < -0.39 is 18.1 Å². The second-order valence-corrected chi connectivity index (χ2v) is 4.79. The molecule has 0 aliphatic rings. The predicted octanol–water partition coefficient (Wildman–Crippen LogP) is 2.15. The molecule has 0 aliphatic heterocycles. The smallest absolute Gasteiger partial charge is 0.357 e. The van der Waals surface area contributed by atoms with Crippen LogP contribution in [0.1, 0.15) is 27.9 Å². The second-order valence-electron chi connectivity index (χ2n) is 4.79. The van der Waals surface area contributed by atoms with Crippen LogP contribution in [0, 0.1) is 17.1 Å². The number of nitrogen functional groups attached to an aromatic ring is 1. The molecule has 0 saturated heterocycles. The van der Waals surface area contributed by atoms with Gasteiger partial charge in [-0.3, -0.25) is 0 Å². The van der Waals surface area contributed by atoms with E-state index in [0.29, 0.717) is 5.56 Å². The largest absolute Gasteiger partial charge is 0.464 e. The average molecular weight is 333 g/mol. The van der Waals surface area contributed by atoms with Gasteiger partial charge in [-0.25, -0.2) is 9.18 Å². The van der Waals surface area contributed by atoms with Gasteiger partial charge >= 0.3 is 5.97 Å². The molecule has 0 radical (unpaired) electrons. The standard InChI is InChI=1S/C16H16FN3O4/c1-22-15(21)14-13(19)10(7-18)8-20(14)12-6-9(4-5-11(12)17)16(23-2)24-3/h4-6,8,16H,19H2,1-3H3. The molecule has 1 aromatic carbocycles. The first kappa shape index (κ1) is 17.5. The van der Waals surface area contributed by atoms with Crippen molar-refractivity contribution >= 4 is 11.7 Å². The van der Waals surface area contributed by atoms with Gasteiger partial charge in [0.05, 0.1) is 24.0 Å². The monoisotopic (exact) mass is 333 g/mol. The number of nitrogens with zero attached hydrogens (tertiary/aromatic N) is 2. The summed E-state index contributed by atoms with van der Waals surface area (Å²) in [7, 11) is 4.06. The highest BCUT2D eigenvalue weighted by molar-refractivity contribution is 5.95. The van der Waals surface area contributed by atoms with Gasteiger partial charge in [-0.15, -0.1) is 0 Å². The Morgan fingerprint density at radius 3 is 2.54 bits per heavy atom. The van der Waals surface area contributed by atoms with Gasteiger partial charge in [-0.1, -0.05) is 6.07 Å². The maximum atomic E-state index is 14.3. The Labute approximate surface area is 137 Å². The summed E-state index contributed by atoms with van der Waals surface area (Å²) in [5.41, 5.74) is 6.18. The van der Waals surface area contributed by atoms with E-state index in [2.05, 4.69) is 4.74 Å². The van der Waals surface area contributed by atoms with Gasteiger partial charge in [0.15, 0.2) is 12.0 Å². The van der Waals surface area contributed by atoms with Crippen LogP contribution < -0.4 is 5.73 Å². The van der Waals surface area contributed by atoms with Crippen molar-refractivity contribution in [2.24, 2.45) is 0 Å². The van der Waals surface area contributed by atoms with E-state index in [1.54, 1.807) is 0 Å². The Hall–Kier alpha value is -2.89. The van der Waals surface area contributed by atoms with E-state index >= 15 is 0 Å². The summed E-state index contributed by atoms with van der Waals surface area (Å²) in [5.74, 6) is -1.40. The second kappa shape index (κ2) is 7.12. The number of hydrogen-bond donors (Lipinski definition) is 1. The van der Waals surface area contributed by atoms with Crippen LogP contribution in [0.4, 0.5) is 10.1 Å². The summed E-state index contributed by atoms with van der Waals surface area (Å²) in [4.78, 5) is 12.0. The van der Waals surface area contributed by atoms with Crippen molar-refractivity contribution in [3.63, 3.8) is 0 Å². The topological polar surface area (TPSA) is 99.5 Å². The van der Waals surface area contributed by atoms with Crippen LogP contribution in [0.5, 0.6) is 0 Å². The molecule has 2 rings (SSSR count). The molecular formula is C16H16FN3O4. The van der Waals surface area contributed by atoms with Crippen LogP contribution in [0.2, 0.25) is 0 Å². The third-order valence-electron chi connectivity index (χ3n) is 3.47. The number of carbonyl (C=O) groups excluding carboxylic acids is 1. The van der Waals surface area contributed by atoms with Crippen molar-refractivity contribution in [2.75, 3.05) is 27.1 Å². The number of benzene rings is 1. The van der Waals surface area contributed by atoms with Crippen molar-refractivity contribution in [2.45, 2.75) is 6.29 Å². The number of ether oxygens (including phenoxy) is 3. The Balaban J connectivity index is 2.70. The highest BCUT2D eigenvalue weighted by atomic mass is 19.1. The molecule has 0 aliphatic carbocycles. The van der Waals surface area contributed by atoms with Crippen molar-refractivity contribution in [3.8, 4) is 11.8 Å². The number of anilines is 1. The van der Waals surface area contributed by atoms with Crippen molar-refractivity contribution in [1.29, 1.82) is 5.26 Å². The number of rotatable bonds is 5. The number of hydrogen-bond acceptors (Lipinski definition) is 6. The molecule has 0 fully saturated rings. The third kappa shape index (κ3) is 2.95. The van der Waals surface area contributed by atoms with Crippen molar-refractivity contribution in [1.82, 2.24) is 4.57 Å². The number of aromatic nitrogens is 1. The normalized spacial score (nSPS) is 10.7. The lowest BCUT2D eigenvalue weighted by molar-refractivity contribution is -0.106. The average Bonchev–Trinajstić information content (AvgIpc) is 2.93. The number of nitriles is 1. The molecule has 0 unspecified atom stereocenters. The van der Waals surface area contributed by atoms with Gasteiger partial charge in [0.25, 0.3) is 0 Å². The fourth-order valence-corrected chi connectivity index (χ4v) is 2.33. The molecular weight excluding hydrogens is 317 g/mol. The predicted molar refractivity (Wildman–Crippen MR) is 83.0 cm³/mol. The molecule has 2 aromatic rings. The maximum absolute atomic E-state index is 14.3.